The molecule has 0 amide bonds. The molecule has 0 atom stereocenters. The van der Waals surface area contributed by atoms with E-state index in [1.165, 1.54) is 31.4 Å². The number of halogens is 2. The average molecular weight is 464 g/mol. The molecular formula is C15H12Br2O5S. The van der Waals surface area contributed by atoms with Gasteiger partial charge in [-0.15, -0.1) is 0 Å². The van der Waals surface area contributed by atoms with Gasteiger partial charge in [0.25, 0.3) is 0 Å². The second-order valence-corrected chi connectivity index (χ2v) is 8.23. The van der Waals surface area contributed by atoms with Gasteiger partial charge in [-0.1, -0.05) is 0 Å². The largest absolute Gasteiger partial charge is 0.497 e. The maximum atomic E-state index is 12.8. The number of methoxy groups -OCH3 is 1. The molecule has 2 aromatic rings. The number of carbonyl (C=O) groups is 1. The van der Waals surface area contributed by atoms with Crippen molar-refractivity contribution in [1.29, 1.82) is 0 Å². The molecule has 122 valence electrons. The SMILES string of the molecule is COc1ccc(S(=O)(=O)c2c(Br)cc(CC(=O)O)cc2Br)cc1. The van der Waals surface area contributed by atoms with Crippen LogP contribution in [0.3, 0.4) is 0 Å². The standard InChI is InChI=1S/C15H12Br2O5S/c1-22-10-2-4-11(5-3-10)23(20,21)15-12(16)6-9(7-13(15)17)8-14(18)19/h2-7H,8H2,1H3,(H,18,19). The molecule has 8 heteroatoms. The van der Waals surface area contributed by atoms with Crippen LogP contribution in [-0.4, -0.2) is 26.6 Å². The first kappa shape index (κ1) is 18.0. The van der Waals surface area contributed by atoms with Crippen LogP contribution >= 0.6 is 31.9 Å². The van der Waals surface area contributed by atoms with Gasteiger partial charge in [0.15, 0.2) is 0 Å². The first-order chi connectivity index (χ1) is 10.8. The fourth-order valence-electron chi connectivity index (χ4n) is 2.02. The topological polar surface area (TPSA) is 80.7 Å². The number of hydrogen-bond acceptors (Lipinski definition) is 4. The Morgan fingerprint density at radius 1 is 1.13 bits per heavy atom. The average Bonchev–Trinajstić information content (AvgIpc) is 2.45. The van der Waals surface area contributed by atoms with Gasteiger partial charge < -0.3 is 9.84 Å². The summed E-state index contributed by atoms with van der Waals surface area (Å²) in [6.07, 6.45) is -0.194. The van der Waals surface area contributed by atoms with Gasteiger partial charge in [0.1, 0.15) is 10.6 Å². The highest BCUT2D eigenvalue weighted by atomic mass is 79.9. The maximum absolute atomic E-state index is 12.8. The minimum atomic E-state index is -3.77. The molecule has 2 rings (SSSR count). The molecule has 0 aromatic heterocycles. The van der Waals surface area contributed by atoms with Crippen LogP contribution in [0.4, 0.5) is 0 Å². The van der Waals surface area contributed by atoms with Gasteiger partial charge in [-0.25, -0.2) is 8.42 Å². The molecule has 5 nitrogen and oxygen atoms in total. The molecule has 0 bridgehead atoms. The van der Waals surface area contributed by atoms with E-state index in [9.17, 15) is 13.2 Å². The molecule has 23 heavy (non-hydrogen) atoms. The molecule has 0 unspecified atom stereocenters. The molecule has 0 spiro atoms. The van der Waals surface area contributed by atoms with Crippen molar-refractivity contribution in [2.75, 3.05) is 7.11 Å². The third kappa shape index (κ3) is 3.94. The zero-order valence-corrected chi connectivity index (χ0v) is 15.9. The number of rotatable bonds is 5. The van der Waals surface area contributed by atoms with Gasteiger partial charge in [0.2, 0.25) is 9.84 Å². The number of ether oxygens (including phenoxy) is 1. The smallest absolute Gasteiger partial charge is 0.307 e. The van der Waals surface area contributed by atoms with E-state index >= 15 is 0 Å². The number of hydrogen-bond donors (Lipinski definition) is 1. The van der Waals surface area contributed by atoms with Gasteiger partial charge in [0.05, 0.1) is 18.4 Å². The Morgan fingerprint density at radius 3 is 2.09 bits per heavy atom. The normalized spacial score (nSPS) is 11.3. The lowest BCUT2D eigenvalue weighted by Gasteiger charge is -2.11. The van der Waals surface area contributed by atoms with E-state index in [1.807, 2.05) is 0 Å². The first-order valence-corrected chi connectivity index (χ1v) is 9.41. The molecule has 0 aliphatic carbocycles. The van der Waals surface area contributed by atoms with Crippen LogP contribution in [-0.2, 0) is 21.1 Å². The van der Waals surface area contributed by atoms with Crippen LogP contribution in [0.5, 0.6) is 5.75 Å². The van der Waals surface area contributed by atoms with Crippen molar-refractivity contribution >= 4 is 47.7 Å². The second-order valence-electron chi connectivity index (χ2n) is 4.64. The van der Waals surface area contributed by atoms with Gasteiger partial charge in [-0.2, -0.15) is 0 Å². The first-order valence-electron chi connectivity index (χ1n) is 6.34. The van der Waals surface area contributed by atoms with Crippen molar-refractivity contribution in [3.63, 3.8) is 0 Å². The Balaban J connectivity index is 2.52. The van der Waals surface area contributed by atoms with E-state index in [0.717, 1.165) is 0 Å². The van der Waals surface area contributed by atoms with Gasteiger partial charge in [-0.3, -0.25) is 4.79 Å². The Bertz CT molecular complexity index is 822. The summed E-state index contributed by atoms with van der Waals surface area (Å²) in [6.45, 7) is 0. The van der Waals surface area contributed by atoms with Crippen LogP contribution in [0, 0.1) is 0 Å². The second kappa shape index (κ2) is 7.02. The highest BCUT2D eigenvalue weighted by Crippen LogP contribution is 2.35. The Labute approximate surface area is 150 Å². The summed E-state index contributed by atoms with van der Waals surface area (Å²) in [5, 5.41) is 8.84. The van der Waals surface area contributed by atoms with Crippen molar-refractivity contribution < 1.29 is 23.1 Å². The van der Waals surface area contributed by atoms with E-state index in [1.54, 1.807) is 12.1 Å². The Hall–Kier alpha value is -1.38. The third-order valence-electron chi connectivity index (χ3n) is 3.05. The fraction of sp³-hybridized carbons (Fsp3) is 0.133. The molecule has 2 aromatic carbocycles. The summed E-state index contributed by atoms with van der Waals surface area (Å²) in [7, 11) is -2.27. The molecule has 0 heterocycles. The molecule has 0 saturated heterocycles. The minimum absolute atomic E-state index is 0.0526. The number of carboxylic acids is 1. The highest BCUT2D eigenvalue weighted by Gasteiger charge is 2.24. The summed E-state index contributed by atoms with van der Waals surface area (Å²) in [5.41, 5.74) is 0.491. The maximum Gasteiger partial charge on any atom is 0.307 e. The predicted molar refractivity (Wildman–Crippen MR) is 91.6 cm³/mol. The van der Waals surface area contributed by atoms with Crippen molar-refractivity contribution in [2.24, 2.45) is 0 Å². The zero-order valence-electron chi connectivity index (χ0n) is 11.9. The van der Waals surface area contributed by atoms with Gasteiger partial charge in [0, 0.05) is 8.95 Å². The van der Waals surface area contributed by atoms with Crippen LogP contribution in [0.15, 0.2) is 55.1 Å². The number of carboxylic acid groups (broad SMARTS) is 1. The fourth-order valence-corrected chi connectivity index (χ4v) is 5.94. The van der Waals surface area contributed by atoms with E-state index in [4.69, 9.17) is 9.84 Å². The third-order valence-corrected chi connectivity index (χ3v) is 6.70. The lowest BCUT2D eigenvalue weighted by molar-refractivity contribution is -0.136. The van der Waals surface area contributed by atoms with Crippen LogP contribution < -0.4 is 4.74 Å². The number of benzene rings is 2. The van der Waals surface area contributed by atoms with Crippen LogP contribution in [0.1, 0.15) is 5.56 Å². The summed E-state index contributed by atoms with van der Waals surface area (Å²) in [5.74, 6) is -0.437. The Kier molecular flexibility index (Phi) is 5.49. The van der Waals surface area contributed by atoms with Crippen molar-refractivity contribution in [1.82, 2.24) is 0 Å². The van der Waals surface area contributed by atoms with Crippen LogP contribution in [0.2, 0.25) is 0 Å². The lowest BCUT2D eigenvalue weighted by atomic mass is 10.1. The molecule has 0 aliphatic rings. The molecule has 1 N–H and O–H groups in total. The minimum Gasteiger partial charge on any atom is -0.497 e. The lowest BCUT2D eigenvalue weighted by Crippen LogP contribution is -2.06. The number of sulfone groups is 1. The van der Waals surface area contributed by atoms with Crippen LogP contribution in [0.25, 0.3) is 0 Å². The molecule has 0 aliphatic heterocycles. The number of aliphatic carboxylic acids is 1. The Morgan fingerprint density at radius 2 is 1.65 bits per heavy atom. The van der Waals surface area contributed by atoms with Gasteiger partial charge >= 0.3 is 5.97 Å². The van der Waals surface area contributed by atoms with Crippen molar-refractivity contribution in [3.8, 4) is 5.75 Å². The van der Waals surface area contributed by atoms with E-state index in [0.29, 0.717) is 20.3 Å². The van der Waals surface area contributed by atoms with Crippen molar-refractivity contribution in [3.05, 3.63) is 50.9 Å². The van der Waals surface area contributed by atoms with E-state index < -0.39 is 15.8 Å². The summed E-state index contributed by atoms with van der Waals surface area (Å²) in [4.78, 5) is 11.0. The summed E-state index contributed by atoms with van der Waals surface area (Å²) in [6, 6.07) is 9.03. The molecular weight excluding hydrogens is 452 g/mol. The van der Waals surface area contributed by atoms with Gasteiger partial charge in [-0.05, 0) is 73.8 Å². The molecule has 0 radical (unpaired) electrons. The summed E-state index contributed by atoms with van der Waals surface area (Å²) >= 11 is 6.44. The van der Waals surface area contributed by atoms with Crippen molar-refractivity contribution in [2.45, 2.75) is 16.2 Å². The zero-order chi connectivity index (χ0) is 17.2. The predicted octanol–water partition coefficient (Wildman–Crippen LogP) is 3.68. The quantitative estimate of drug-likeness (QED) is 0.731. The monoisotopic (exact) mass is 462 g/mol. The highest BCUT2D eigenvalue weighted by molar-refractivity contribution is 9.11. The van der Waals surface area contributed by atoms with E-state index in [-0.39, 0.29) is 16.2 Å². The summed E-state index contributed by atoms with van der Waals surface area (Å²) < 4.78 is 31.2. The molecule has 0 fully saturated rings. The van der Waals surface area contributed by atoms with E-state index in [2.05, 4.69) is 31.9 Å². The molecule has 0 saturated carbocycles.